The van der Waals surface area contributed by atoms with Crippen LogP contribution in [0.15, 0.2) is 18.3 Å². The molecule has 2 fully saturated rings. The monoisotopic (exact) mass is 216 g/mol. The van der Waals surface area contributed by atoms with Crippen molar-refractivity contribution in [1.82, 2.24) is 4.98 Å². The van der Waals surface area contributed by atoms with Crippen molar-refractivity contribution in [3.05, 3.63) is 29.6 Å². The highest BCUT2D eigenvalue weighted by Gasteiger charge is 2.42. The summed E-state index contributed by atoms with van der Waals surface area (Å²) in [4.78, 5) is 4.35. The SMILES string of the molecule is Cc1ccc(C(N)C2CC3CCC2C3)cn1. The Labute approximate surface area is 97.3 Å². The topological polar surface area (TPSA) is 38.9 Å². The van der Waals surface area contributed by atoms with Crippen LogP contribution in [0.1, 0.15) is 43.0 Å². The van der Waals surface area contributed by atoms with Crippen molar-refractivity contribution in [3.8, 4) is 0 Å². The van der Waals surface area contributed by atoms with Gasteiger partial charge in [-0.2, -0.15) is 0 Å². The smallest absolute Gasteiger partial charge is 0.0372 e. The van der Waals surface area contributed by atoms with Crippen LogP contribution in [0.3, 0.4) is 0 Å². The minimum atomic E-state index is 0.211. The Morgan fingerprint density at radius 1 is 1.31 bits per heavy atom. The molecule has 0 spiro atoms. The van der Waals surface area contributed by atoms with Gasteiger partial charge in [-0.3, -0.25) is 4.98 Å². The number of rotatable bonds is 2. The van der Waals surface area contributed by atoms with Gasteiger partial charge in [0.25, 0.3) is 0 Å². The molecule has 0 aromatic carbocycles. The molecule has 86 valence electrons. The molecular formula is C14H20N2. The molecule has 2 saturated carbocycles. The zero-order chi connectivity index (χ0) is 11.1. The van der Waals surface area contributed by atoms with Crippen LogP contribution in [0.4, 0.5) is 0 Å². The molecule has 1 aromatic heterocycles. The standard InChI is InChI=1S/C14H20N2/c1-9-2-4-12(8-16-9)14(15)13-7-10-3-5-11(13)6-10/h2,4,8,10-11,13-14H,3,5-7,15H2,1H3. The summed E-state index contributed by atoms with van der Waals surface area (Å²) in [5, 5.41) is 0. The maximum absolute atomic E-state index is 6.40. The van der Waals surface area contributed by atoms with Gasteiger partial charge in [-0.25, -0.2) is 0 Å². The second kappa shape index (κ2) is 3.85. The Kier molecular flexibility index (Phi) is 2.47. The highest BCUT2D eigenvalue weighted by Crippen LogP contribution is 2.51. The van der Waals surface area contributed by atoms with Crippen LogP contribution in [0, 0.1) is 24.7 Å². The normalized spacial score (nSPS) is 34.2. The molecule has 0 saturated heterocycles. The Bertz CT molecular complexity index is 371. The van der Waals surface area contributed by atoms with Gasteiger partial charge in [-0.05, 0) is 55.6 Å². The molecule has 16 heavy (non-hydrogen) atoms. The molecule has 2 bridgehead atoms. The number of fused-ring (bicyclic) bond motifs is 2. The summed E-state index contributed by atoms with van der Waals surface area (Å²) in [6, 6.07) is 4.44. The maximum Gasteiger partial charge on any atom is 0.0372 e. The third-order valence-electron chi connectivity index (χ3n) is 4.57. The van der Waals surface area contributed by atoms with Gasteiger partial charge in [0.1, 0.15) is 0 Å². The lowest BCUT2D eigenvalue weighted by Gasteiger charge is -2.27. The van der Waals surface area contributed by atoms with E-state index in [4.69, 9.17) is 5.73 Å². The van der Waals surface area contributed by atoms with Gasteiger partial charge in [0.05, 0.1) is 0 Å². The van der Waals surface area contributed by atoms with Crippen molar-refractivity contribution in [2.24, 2.45) is 23.5 Å². The molecule has 4 unspecified atom stereocenters. The molecule has 2 N–H and O–H groups in total. The highest BCUT2D eigenvalue weighted by molar-refractivity contribution is 5.18. The first-order valence-electron chi connectivity index (χ1n) is 6.42. The zero-order valence-electron chi connectivity index (χ0n) is 9.89. The van der Waals surface area contributed by atoms with E-state index in [0.29, 0.717) is 5.92 Å². The minimum Gasteiger partial charge on any atom is -0.324 e. The van der Waals surface area contributed by atoms with Crippen molar-refractivity contribution in [3.63, 3.8) is 0 Å². The van der Waals surface area contributed by atoms with Crippen LogP contribution in [0.25, 0.3) is 0 Å². The van der Waals surface area contributed by atoms with E-state index < -0.39 is 0 Å². The quantitative estimate of drug-likeness (QED) is 0.825. The second-order valence-corrected chi connectivity index (χ2v) is 5.60. The zero-order valence-corrected chi connectivity index (χ0v) is 9.89. The predicted molar refractivity (Wildman–Crippen MR) is 64.8 cm³/mol. The van der Waals surface area contributed by atoms with Crippen molar-refractivity contribution >= 4 is 0 Å². The summed E-state index contributed by atoms with van der Waals surface area (Å²) < 4.78 is 0. The lowest BCUT2D eigenvalue weighted by molar-refractivity contribution is 0.284. The Hall–Kier alpha value is -0.890. The number of aryl methyl sites for hydroxylation is 1. The molecule has 1 aromatic rings. The molecule has 1 heterocycles. The summed E-state index contributed by atoms with van der Waals surface area (Å²) >= 11 is 0. The van der Waals surface area contributed by atoms with E-state index in [1.165, 1.54) is 31.2 Å². The third-order valence-corrected chi connectivity index (χ3v) is 4.57. The molecule has 3 rings (SSSR count). The average Bonchev–Trinajstić information content (AvgIpc) is 2.91. The van der Waals surface area contributed by atoms with Crippen molar-refractivity contribution < 1.29 is 0 Å². The van der Waals surface area contributed by atoms with E-state index in [1.54, 1.807) is 0 Å². The number of aromatic nitrogens is 1. The van der Waals surface area contributed by atoms with Gasteiger partial charge in [0.2, 0.25) is 0 Å². The first kappa shape index (κ1) is 10.3. The van der Waals surface area contributed by atoms with E-state index >= 15 is 0 Å². The van der Waals surface area contributed by atoms with Crippen molar-refractivity contribution in [1.29, 1.82) is 0 Å². The summed E-state index contributed by atoms with van der Waals surface area (Å²) in [5.41, 5.74) is 8.70. The third kappa shape index (κ3) is 1.65. The van der Waals surface area contributed by atoms with Crippen LogP contribution >= 0.6 is 0 Å². The predicted octanol–water partition coefficient (Wildman–Crippen LogP) is 2.83. The van der Waals surface area contributed by atoms with Gasteiger partial charge in [0, 0.05) is 17.9 Å². The fraction of sp³-hybridized carbons (Fsp3) is 0.643. The van der Waals surface area contributed by atoms with Crippen molar-refractivity contribution in [2.45, 2.75) is 38.6 Å². The number of nitrogens with two attached hydrogens (primary N) is 1. The average molecular weight is 216 g/mol. The Balaban J connectivity index is 1.77. The Morgan fingerprint density at radius 2 is 2.19 bits per heavy atom. The number of hydrogen-bond acceptors (Lipinski definition) is 2. The first-order chi connectivity index (χ1) is 7.74. The van der Waals surface area contributed by atoms with Gasteiger partial charge in [-0.15, -0.1) is 0 Å². The van der Waals surface area contributed by atoms with E-state index in [-0.39, 0.29) is 6.04 Å². The fourth-order valence-corrected chi connectivity index (χ4v) is 3.66. The van der Waals surface area contributed by atoms with Gasteiger partial charge in [-0.1, -0.05) is 12.5 Å². The van der Waals surface area contributed by atoms with E-state index in [9.17, 15) is 0 Å². The molecule has 2 nitrogen and oxygen atoms in total. The second-order valence-electron chi connectivity index (χ2n) is 5.60. The lowest BCUT2D eigenvalue weighted by atomic mass is 9.81. The molecule has 0 radical (unpaired) electrons. The van der Waals surface area contributed by atoms with Gasteiger partial charge < -0.3 is 5.73 Å². The minimum absolute atomic E-state index is 0.211. The number of hydrogen-bond donors (Lipinski definition) is 1. The molecule has 2 aliphatic carbocycles. The van der Waals surface area contributed by atoms with Crippen LogP contribution in [0.5, 0.6) is 0 Å². The van der Waals surface area contributed by atoms with Crippen LogP contribution in [0.2, 0.25) is 0 Å². The van der Waals surface area contributed by atoms with Gasteiger partial charge in [0.15, 0.2) is 0 Å². The molecule has 2 aliphatic rings. The lowest BCUT2D eigenvalue weighted by Crippen LogP contribution is -2.26. The summed E-state index contributed by atoms with van der Waals surface area (Å²) in [5.74, 6) is 2.57. The largest absolute Gasteiger partial charge is 0.324 e. The maximum atomic E-state index is 6.40. The summed E-state index contributed by atoms with van der Waals surface area (Å²) in [6.07, 6.45) is 7.59. The molecule has 2 heteroatoms. The molecular weight excluding hydrogens is 196 g/mol. The number of nitrogens with zero attached hydrogens (tertiary/aromatic N) is 1. The summed E-state index contributed by atoms with van der Waals surface area (Å²) in [7, 11) is 0. The fourth-order valence-electron chi connectivity index (χ4n) is 3.66. The van der Waals surface area contributed by atoms with Crippen LogP contribution in [-0.4, -0.2) is 4.98 Å². The van der Waals surface area contributed by atoms with Crippen LogP contribution in [-0.2, 0) is 0 Å². The van der Waals surface area contributed by atoms with Gasteiger partial charge >= 0.3 is 0 Å². The van der Waals surface area contributed by atoms with E-state index in [1.807, 2.05) is 13.1 Å². The Morgan fingerprint density at radius 3 is 2.75 bits per heavy atom. The highest BCUT2D eigenvalue weighted by atomic mass is 14.7. The molecule has 0 amide bonds. The van der Waals surface area contributed by atoms with Crippen LogP contribution < -0.4 is 5.73 Å². The van der Waals surface area contributed by atoms with E-state index in [2.05, 4.69) is 17.1 Å². The molecule has 0 aliphatic heterocycles. The summed E-state index contributed by atoms with van der Waals surface area (Å²) in [6.45, 7) is 2.02. The molecule has 4 atom stereocenters. The first-order valence-corrected chi connectivity index (χ1v) is 6.42. The van der Waals surface area contributed by atoms with Crippen molar-refractivity contribution in [2.75, 3.05) is 0 Å². The van der Waals surface area contributed by atoms with E-state index in [0.717, 1.165) is 17.5 Å². The number of pyridine rings is 1.